The van der Waals surface area contributed by atoms with Gasteiger partial charge < -0.3 is 4.90 Å². The van der Waals surface area contributed by atoms with E-state index in [1.807, 2.05) is 0 Å². The summed E-state index contributed by atoms with van der Waals surface area (Å²) in [7, 11) is 0. The molecule has 0 unspecified atom stereocenters. The lowest BCUT2D eigenvalue weighted by molar-refractivity contribution is 0.272. The van der Waals surface area contributed by atoms with Crippen molar-refractivity contribution in [1.82, 2.24) is 4.90 Å². The largest absolute Gasteiger partial charge is 0.300 e. The molecule has 1 aromatic carbocycles. The van der Waals surface area contributed by atoms with Crippen molar-refractivity contribution in [3.63, 3.8) is 0 Å². The summed E-state index contributed by atoms with van der Waals surface area (Å²) in [4.78, 5) is 2.60. The molecule has 1 heterocycles. The van der Waals surface area contributed by atoms with E-state index in [-0.39, 0.29) is 0 Å². The normalized spacial score (nSPS) is 22.1. The van der Waals surface area contributed by atoms with Crippen molar-refractivity contribution in [3.8, 4) is 0 Å². The van der Waals surface area contributed by atoms with Crippen LogP contribution in [0.5, 0.6) is 0 Å². The van der Waals surface area contributed by atoms with Gasteiger partial charge in [-0.25, -0.2) is 0 Å². The molecular weight excluding hydrogens is 250 g/mol. The molecule has 0 spiro atoms. The third-order valence-electron chi connectivity index (χ3n) is 3.29. The predicted molar refractivity (Wildman–Crippen MR) is 68.1 cm³/mol. The molecule has 2 rings (SSSR count). The van der Waals surface area contributed by atoms with Gasteiger partial charge in [0.15, 0.2) is 0 Å². The van der Waals surface area contributed by atoms with Crippen LogP contribution in [0.2, 0.25) is 0 Å². The fourth-order valence-electron chi connectivity index (χ4n) is 2.25. The average Bonchev–Trinajstić information content (AvgIpc) is 2.63. The molecule has 1 aromatic rings. The van der Waals surface area contributed by atoms with Crippen LogP contribution < -0.4 is 0 Å². The van der Waals surface area contributed by atoms with Gasteiger partial charge in [0.1, 0.15) is 0 Å². The van der Waals surface area contributed by atoms with Crippen LogP contribution in [0.25, 0.3) is 0 Å². The highest BCUT2D eigenvalue weighted by Gasteiger charge is 2.19. The maximum Gasteiger partial charge on any atom is 0.0175 e. The second-order valence-corrected chi connectivity index (χ2v) is 5.32. The molecular formula is C13H18BrN. The highest BCUT2D eigenvalue weighted by atomic mass is 79.9. The third kappa shape index (κ3) is 3.05. The molecule has 0 amide bonds. The first-order valence-electron chi connectivity index (χ1n) is 5.74. The number of benzene rings is 1. The molecule has 0 aliphatic carbocycles. The van der Waals surface area contributed by atoms with Crippen molar-refractivity contribution in [3.05, 3.63) is 34.3 Å². The zero-order valence-electron chi connectivity index (χ0n) is 9.25. The van der Waals surface area contributed by atoms with Gasteiger partial charge in [0, 0.05) is 17.1 Å². The monoisotopic (exact) mass is 267 g/mol. The highest BCUT2D eigenvalue weighted by molar-refractivity contribution is 9.10. The maximum absolute atomic E-state index is 3.46. The topological polar surface area (TPSA) is 3.24 Å². The van der Waals surface area contributed by atoms with Crippen molar-refractivity contribution in [2.24, 2.45) is 0 Å². The molecule has 82 valence electrons. The summed E-state index contributed by atoms with van der Waals surface area (Å²) in [5.41, 5.74) is 1.44. The zero-order chi connectivity index (χ0) is 10.7. The second kappa shape index (κ2) is 5.13. The molecule has 0 saturated carbocycles. The number of nitrogens with zero attached hydrogens (tertiary/aromatic N) is 1. The molecule has 0 aromatic heterocycles. The van der Waals surface area contributed by atoms with Crippen LogP contribution in [-0.2, 0) is 6.42 Å². The molecule has 0 N–H and O–H groups in total. The minimum Gasteiger partial charge on any atom is -0.300 e. The summed E-state index contributed by atoms with van der Waals surface area (Å²) in [6.07, 6.45) is 3.93. The van der Waals surface area contributed by atoms with Crippen molar-refractivity contribution >= 4 is 15.9 Å². The van der Waals surface area contributed by atoms with Crippen molar-refractivity contribution in [1.29, 1.82) is 0 Å². The minimum absolute atomic E-state index is 0.792. The van der Waals surface area contributed by atoms with Crippen LogP contribution in [0.1, 0.15) is 25.3 Å². The quantitative estimate of drug-likeness (QED) is 0.811. The van der Waals surface area contributed by atoms with Crippen LogP contribution in [0.4, 0.5) is 0 Å². The first-order chi connectivity index (χ1) is 7.25. The predicted octanol–water partition coefficient (Wildman–Crippen LogP) is 3.48. The van der Waals surface area contributed by atoms with E-state index in [2.05, 4.69) is 52.0 Å². The van der Waals surface area contributed by atoms with E-state index in [0.29, 0.717) is 0 Å². The molecule has 15 heavy (non-hydrogen) atoms. The van der Waals surface area contributed by atoms with Gasteiger partial charge in [0.2, 0.25) is 0 Å². The van der Waals surface area contributed by atoms with E-state index in [4.69, 9.17) is 0 Å². The number of hydrogen-bond donors (Lipinski definition) is 0. The minimum atomic E-state index is 0.792. The Labute approximate surface area is 101 Å². The standard InChI is InChI=1S/C13H18BrN/c1-11-3-2-9-15(11)10-8-12-4-6-13(14)7-5-12/h4-7,11H,2-3,8-10H2,1H3/t11-/m0/s1. The van der Waals surface area contributed by atoms with E-state index >= 15 is 0 Å². The summed E-state index contributed by atoms with van der Waals surface area (Å²) in [6, 6.07) is 9.47. The smallest absolute Gasteiger partial charge is 0.0175 e. The summed E-state index contributed by atoms with van der Waals surface area (Å²) in [5.74, 6) is 0. The summed E-state index contributed by atoms with van der Waals surface area (Å²) < 4.78 is 1.17. The molecule has 1 saturated heterocycles. The van der Waals surface area contributed by atoms with Gasteiger partial charge in [-0.2, -0.15) is 0 Å². The van der Waals surface area contributed by atoms with Crippen molar-refractivity contribution < 1.29 is 0 Å². The van der Waals surface area contributed by atoms with E-state index in [1.165, 1.54) is 42.4 Å². The Balaban J connectivity index is 1.85. The van der Waals surface area contributed by atoms with Gasteiger partial charge in [0.25, 0.3) is 0 Å². The van der Waals surface area contributed by atoms with E-state index in [9.17, 15) is 0 Å². The number of hydrogen-bond acceptors (Lipinski definition) is 1. The van der Waals surface area contributed by atoms with Crippen LogP contribution in [0.15, 0.2) is 28.7 Å². The molecule has 0 radical (unpaired) electrons. The zero-order valence-corrected chi connectivity index (χ0v) is 10.8. The molecule has 2 heteroatoms. The van der Waals surface area contributed by atoms with E-state index in [0.717, 1.165) is 6.04 Å². The Morgan fingerprint density at radius 2 is 2.07 bits per heavy atom. The Morgan fingerprint density at radius 1 is 1.33 bits per heavy atom. The molecule has 0 bridgehead atoms. The lowest BCUT2D eigenvalue weighted by Gasteiger charge is -2.20. The fraction of sp³-hybridized carbons (Fsp3) is 0.538. The Bertz CT molecular complexity index is 307. The SMILES string of the molecule is C[C@H]1CCCN1CCc1ccc(Br)cc1. The van der Waals surface area contributed by atoms with Gasteiger partial charge in [-0.3, -0.25) is 0 Å². The average molecular weight is 268 g/mol. The Morgan fingerprint density at radius 3 is 2.67 bits per heavy atom. The first kappa shape index (κ1) is 11.2. The molecule has 1 nitrogen and oxygen atoms in total. The van der Waals surface area contributed by atoms with E-state index < -0.39 is 0 Å². The maximum atomic E-state index is 3.46. The molecule has 1 fully saturated rings. The fourth-order valence-corrected chi connectivity index (χ4v) is 2.51. The summed E-state index contributed by atoms with van der Waals surface area (Å²) >= 11 is 3.46. The van der Waals surface area contributed by atoms with Crippen molar-refractivity contribution in [2.45, 2.75) is 32.2 Å². The first-order valence-corrected chi connectivity index (χ1v) is 6.53. The molecule has 1 aliphatic rings. The highest BCUT2D eigenvalue weighted by Crippen LogP contribution is 2.17. The summed E-state index contributed by atoms with van der Waals surface area (Å²) in [5, 5.41) is 0. The van der Waals surface area contributed by atoms with Gasteiger partial charge in [-0.1, -0.05) is 28.1 Å². The van der Waals surface area contributed by atoms with Crippen LogP contribution >= 0.6 is 15.9 Å². The van der Waals surface area contributed by atoms with Gasteiger partial charge in [-0.15, -0.1) is 0 Å². The number of halogens is 1. The van der Waals surface area contributed by atoms with Crippen molar-refractivity contribution in [2.75, 3.05) is 13.1 Å². The van der Waals surface area contributed by atoms with Gasteiger partial charge in [0.05, 0.1) is 0 Å². The number of rotatable bonds is 3. The lowest BCUT2D eigenvalue weighted by Crippen LogP contribution is -2.28. The molecule has 1 aliphatic heterocycles. The third-order valence-corrected chi connectivity index (χ3v) is 3.82. The molecule has 1 atom stereocenters. The summed E-state index contributed by atoms with van der Waals surface area (Å²) in [6.45, 7) is 4.84. The van der Waals surface area contributed by atoms with Crippen LogP contribution in [0.3, 0.4) is 0 Å². The second-order valence-electron chi connectivity index (χ2n) is 4.40. The van der Waals surface area contributed by atoms with Gasteiger partial charge in [-0.05, 0) is 50.4 Å². The Kier molecular flexibility index (Phi) is 3.81. The lowest BCUT2D eigenvalue weighted by atomic mass is 10.1. The van der Waals surface area contributed by atoms with Gasteiger partial charge >= 0.3 is 0 Å². The van der Waals surface area contributed by atoms with E-state index in [1.54, 1.807) is 0 Å². The van der Waals surface area contributed by atoms with Crippen LogP contribution in [-0.4, -0.2) is 24.0 Å². The number of likely N-dealkylation sites (tertiary alicyclic amines) is 1. The van der Waals surface area contributed by atoms with Crippen LogP contribution in [0, 0.1) is 0 Å². The Hall–Kier alpha value is -0.340.